The highest BCUT2D eigenvalue weighted by Gasteiger charge is 2.21. The number of benzene rings is 3. The molecule has 3 rings (SSSR count). The molecule has 0 aliphatic carbocycles. The molecule has 0 aliphatic heterocycles. The number of ketones is 1. The summed E-state index contributed by atoms with van der Waals surface area (Å²) in [5.74, 6) is -0.568. The first kappa shape index (κ1) is 22.2. The number of rotatable bonds is 9. The number of para-hydroxylation sites is 1. The van der Waals surface area contributed by atoms with Crippen LogP contribution in [0.25, 0.3) is 0 Å². The van der Waals surface area contributed by atoms with Crippen molar-refractivity contribution in [2.75, 3.05) is 18.0 Å². The van der Waals surface area contributed by atoms with Crippen molar-refractivity contribution in [2.24, 2.45) is 0 Å². The summed E-state index contributed by atoms with van der Waals surface area (Å²) in [6.45, 7) is 0.105. The van der Waals surface area contributed by atoms with Crippen molar-refractivity contribution in [1.82, 2.24) is 0 Å². The van der Waals surface area contributed by atoms with Gasteiger partial charge in [-0.1, -0.05) is 48.5 Å². The summed E-state index contributed by atoms with van der Waals surface area (Å²) in [7, 11) is -2.27. The molecule has 0 radical (unpaired) electrons. The SMILES string of the molecule is CN(c1ccccc1)S(=O)(=O)c1ccc(C(=O)OCCCC(=O)c2ccccc2)cc1. The van der Waals surface area contributed by atoms with Crippen LogP contribution in [-0.2, 0) is 14.8 Å². The van der Waals surface area contributed by atoms with Gasteiger partial charge in [-0.15, -0.1) is 0 Å². The van der Waals surface area contributed by atoms with Crippen LogP contribution in [-0.4, -0.2) is 33.8 Å². The van der Waals surface area contributed by atoms with Gasteiger partial charge < -0.3 is 4.74 Å². The predicted octanol–water partition coefficient (Wildman–Crippen LogP) is 4.33. The van der Waals surface area contributed by atoms with E-state index in [9.17, 15) is 18.0 Å². The highest BCUT2D eigenvalue weighted by molar-refractivity contribution is 7.92. The van der Waals surface area contributed by atoms with Gasteiger partial charge in [0, 0.05) is 19.0 Å². The Bertz CT molecular complexity index is 1130. The Labute approximate surface area is 182 Å². The first-order valence-corrected chi connectivity index (χ1v) is 11.2. The summed E-state index contributed by atoms with van der Waals surface area (Å²) >= 11 is 0. The molecule has 0 fully saturated rings. The van der Waals surface area contributed by atoms with E-state index in [1.165, 1.54) is 35.6 Å². The number of hydrogen-bond acceptors (Lipinski definition) is 5. The largest absolute Gasteiger partial charge is 0.462 e. The fraction of sp³-hybridized carbons (Fsp3) is 0.167. The van der Waals surface area contributed by atoms with Crippen molar-refractivity contribution in [2.45, 2.75) is 17.7 Å². The Hall–Kier alpha value is -3.45. The number of hydrogen-bond donors (Lipinski definition) is 0. The minimum absolute atomic E-state index is 0.00579. The van der Waals surface area contributed by atoms with E-state index in [1.807, 2.05) is 12.1 Å². The molecular formula is C24H23NO5S. The van der Waals surface area contributed by atoms with Crippen molar-refractivity contribution in [1.29, 1.82) is 0 Å². The van der Waals surface area contributed by atoms with Crippen LogP contribution >= 0.6 is 0 Å². The molecule has 3 aromatic rings. The standard InChI is InChI=1S/C24H23NO5S/c1-25(21-11-6-3-7-12-21)31(28,29)22-16-14-20(15-17-22)24(27)30-18-8-13-23(26)19-9-4-2-5-10-19/h2-7,9-12,14-17H,8,13,18H2,1H3. The monoisotopic (exact) mass is 437 g/mol. The zero-order valence-corrected chi connectivity index (χ0v) is 17.9. The van der Waals surface area contributed by atoms with Crippen LogP contribution in [0.4, 0.5) is 5.69 Å². The molecule has 0 aliphatic rings. The summed E-state index contributed by atoms with van der Waals surface area (Å²) in [5.41, 5.74) is 1.41. The Morgan fingerprint density at radius 2 is 1.39 bits per heavy atom. The van der Waals surface area contributed by atoms with Crippen LogP contribution < -0.4 is 4.31 Å². The third kappa shape index (κ3) is 5.58. The third-order valence-electron chi connectivity index (χ3n) is 4.75. The zero-order valence-electron chi connectivity index (χ0n) is 17.1. The van der Waals surface area contributed by atoms with Crippen LogP contribution in [0.15, 0.2) is 89.8 Å². The molecule has 0 spiro atoms. The summed E-state index contributed by atoms with van der Waals surface area (Å²) in [4.78, 5) is 24.3. The lowest BCUT2D eigenvalue weighted by molar-refractivity contribution is 0.0494. The van der Waals surface area contributed by atoms with E-state index in [1.54, 1.807) is 48.5 Å². The van der Waals surface area contributed by atoms with Crippen molar-refractivity contribution in [3.05, 3.63) is 96.1 Å². The highest BCUT2D eigenvalue weighted by Crippen LogP contribution is 2.22. The summed E-state index contributed by atoms with van der Waals surface area (Å²) in [5, 5.41) is 0. The summed E-state index contributed by atoms with van der Waals surface area (Å²) in [6, 6.07) is 23.3. The first-order valence-electron chi connectivity index (χ1n) is 9.79. The van der Waals surface area contributed by atoms with E-state index in [4.69, 9.17) is 4.74 Å². The van der Waals surface area contributed by atoms with Crippen molar-refractivity contribution < 1.29 is 22.7 Å². The number of ether oxygens (including phenoxy) is 1. The lowest BCUT2D eigenvalue weighted by Crippen LogP contribution is -2.26. The van der Waals surface area contributed by atoms with Gasteiger partial charge in [0.1, 0.15) is 0 Å². The van der Waals surface area contributed by atoms with Gasteiger partial charge in [-0.25, -0.2) is 13.2 Å². The molecule has 31 heavy (non-hydrogen) atoms. The minimum Gasteiger partial charge on any atom is -0.462 e. The molecule has 7 heteroatoms. The lowest BCUT2D eigenvalue weighted by atomic mass is 10.1. The number of carbonyl (C=O) groups excluding carboxylic acids is 2. The van der Waals surface area contributed by atoms with Gasteiger partial charge in [-0.2, -0.15) is 0 Å². The molecular weight excluding hydrogens is 414 g/mol. The molecule has 0 unspecified atom stereocenters. The second-order valence-corrected chi connectivity index (χ2v) is 8.83. The maximum atomic E-state index is 12.8. The number of sulfonamides is 1. The van der Waals surface area contributed by atoms with Crippen LogP contribution in [0.5, 0.6) is 0 Å². The molecule has 3 aromatic carbocycles. The minimum atomic E-state index is -3.75. The third-order valence-corrected chi connectivity index (χ3v) is 6.55. The Balaban J connectivity index is 1.54. The average Bonchev–Trinajstić information content (AvgIpc) is 2.82. The molecule has 0 atom stereocenters. The number of esters is 1. The average molecular weight is 438 g/mol. The fourth-order valence-electron chi connectivity index (χ4n) is 2.95. The number of carbonyl (C=O) groups is 2. The van der Waals surface area contributed by atoms with Crippen molar-refractivity contribution in [3.8, 4) is 0 Å². The van der Waals surface area contributed by atoms with Gasteiger partial charge in [-0.3, -0.25) is 9.10 Å². The Morgan fingerprint density at radius 3 is 2.00 bits per heavy atom. The van der Waals surface area contributed by atoms with Crippen LogP contribution in [0, 0.1) is 0 Å². The molecule has 0 saturated carbocycles. The van der Waals surface area contributed by atoms with E-state index in [0.717, 1.165) is 0 Å². The zero-order chi connectivity index (χ0) is 22.3. The van der Waals surface area contributed by atoms with Crippen LogP contribution in [0.1, 0.15) is 33.6 Å². The van der Waals surface area contributed by atoms with Crippen LogP contribution in [0.2, 0.25) is 0 Å². The van der Waals surface area contributed by atoms with E-state index < -0.39 is 16.0 Å². The number of nitrogens with zero attached hydrogens (tertiary/aromatic N) is 1. The predicted molar refractivity (Wildman–Crippen MR) is 119 cm³/mol. The van der Waals surface area contributed by atoms with Gasteiger partial charge in [0.2, 0.25) is 0 Å². The Morgan fingerprint density at radius 1 is 0.806 bits per heavy atom. The molecule has 0 amide bonds. The van der Waals surface area contributed by atoms with Gasteiger partial charge >= 0.3 is 5.97 Å². The summed E-state index contributed by atoms with van der Waals surface area (Å²) in [6.07, 6.45) is 0.689. The molecule has 0 N–H and O–H groups in total. The second kappa shape index (κ2) is 10.0. The molecule has 160 valence electrons. The van der Waals surface area contributed by atoms with Gasteiger partial charge in [-0.05, 0) is 42.8 Å². The second-order valence-electron chi connectivity index (χ2n) is 6.86. The maximum Gasteiger partial charge on any atom is 0.338 e. The molecule has 0 saturated heterocycles. The lowest BCUT2D eigenvalue weighted by Gasteiger charge is -2.19. The molecule has 0 heterocycles. The van der Waals surface area contributed by atoms with Gasteiger partial charge in [0.25, 0.3) is 10.0 Å². The smallest absolute Gasteiger partial charge is 0.338 e. The first-order chi connectivity index (χ1) is 14.9. The quantitative estimate of drug-likeness (QED) is 0.283. The topological polar surface area (TPSA) is 80.8 Å². The van der Waals surface area contributed by atoms with Crippen LogP contribution in [0.3, 0.4) is 0 Å². The molecule has 0 bridgehead atoms. The number of anilines is 1. The van der Waals surface area contributed by atoms with Gasteiger partial charge in [0.05, 0.1) is 22.8 Å². The molecule has 0 aromatic heterocycles. The van der Waals surface area contributed by atoms with E-state index in [0.29, 0.717) is 17.7 Å². The number of Topliss-reactive ketones (excluding diaryl/α,β-unsaturated/α-hetero) is 1. The highest BCUT2D eigenvalue weighted by atomic mass is 32.2. The summed E-state index contributed by atoms with van der Waals surface area (Å²) < 4.78 is 32.0. The fourth-order valence-corrected chi connectivity index (χ4v) is 4.14. The van der Waals surface area contributed by atoms with E-state index in [2.05, 4.69) is 0 Å². The Kier molecular flexibility index (Phi) is 7.20. The molecule has 6 nitrogen and oxygen atoms in total. The van der Waals surface area contributed by atoms with E-state index >= 15 is 0 Å². The van der Waals surface area contributed by atoms with Crippen molar-refractivity contribution in [3.63, 3.8) is 0 Å². The van der Waals surface area contributed by atoms with E-state index in [-0.39, 0.29) is 29.3 Å². The van der Waals surface area contributed by atoms with Gasteiger partial charge in [0.15, 0.2) is 5.78 Å². The van der Waals surface area contributed by atoms with Crippen molar-refractivity contribution >= 4 is 27.5 Å². The normalized spacial score (nSPS) is 11.0. The maximum absolute atomic E-state index is 12.8.